The van der Waals surface area contributed by atoms with E-state index < -0.39 is 15.0 Å². The molecule has 0 aliphatic carbocycles. The second-order valence-electron chi connectivity index (χ2n) is 5.69. The predicted molar refractivity (Wildman–Crippen MR) is 72.8 cm³/mol. The van der Waals surface area contributed by atoms with Crippen LogP contribution in [0, 0.1) is 12.3 Å². The van der Waals surface area contributed by atoms with Gasteiger partial charge in [0, 0.05) is 24.3 Å². The van der Waals surface area contributed by atoms with E-state index in [2.05, 4.69) is 10.2 Å². The number of hydrogen-bond acceptors (Lipinski definition) is 4. The molecule has 108 valence electrons. The van der Waals surface area contributed by atoms with Crippen LogP contribution in [0.3, 0.4) is 0 Å². The van der Waals surface area contributed by atoms with E-state index in [1.807, 2.05) is 20.8 Å². The van der Waals surface area contributed by atoms with Crippen molar-refractivity contribution in [1.29, 1.82) is 0 Å². The van der Waals surface area contributed by atoms with Gasteiger partial charge in [0.2, 0.25) is 0 Å². The highest BCUT2D eigenvalue weighted by molar-refractivity contribution is 8.13. The van der Waals surface area contributed by atoms with Gasteiger partial charge in [-0.3, -0.25) is 9.89 Å². The summed E-state index contributed by atoms with van der Waals surface area (Å²) in [5.74, 6) is -0.474. The molecule has 0 bridgehead atoms. The lowest BCUT2D eigenvalue weighted by molar-refractivity contribution is 0.0736. The molecule has 19 heavy (non-hydrogen) atoms. The summed E-state index contributed by atoms with van der Waals surface area (Å²) in [6, 6.07) is 0. The highest BCUT2D eigenvalue weighted by Crippen LogP contribution is 2.24. The van der Waals surface area contributed by atoms with Gasteiger partial charge >= 0.3 is 0 Å². The van der Waals surface area contributed by atoms with Crippen LogP contribution in [0.5, 0.6) is 0 Å². The number of aromatic nitrogens is 2. The molecule has 1 aromatic heterocycles. The average Bonchev–Trinajstić information content (AvgIpc) is 2.55. The number of amides is 1. The number of carbonyl (C=O) groups excluding carboxylic acids is 1. The largest absolute Gasteiger partial charge is 0.340 e. The van der Waals surface area contributed by atoms with Gasteiger partial charge in [-0.25, -0.2) is 8.42 Å². The maximum atomic E-state index is 12.2. The Morgan fingerprint density at radius 2 is 1.95 bits per heavy atom. The summed E-state index contributed by atoms with van der Waals surface area (Å²) in [7, 11) is 2.92. The third kappa shape index (κ3) is 3.94. The normalized spacial score (nSPS) is 12.5. The first-order valence-corrected chi connectivity index (χ1v) is 7.99. The Labute approximate surface area is 117 Å². The van der Waals surface area contributed by atoms with Crippen molar-refractivity contribution in [3.63, 3.8) is 0 Å². The molecule has 0 atom stereocenters. The number of aromatic amines is 1. The maximum Gasteiger partial charge on any atom is 0.275 e. The van der Waals surface area contributed by atoms with Crippen LogP contribution in [0.2, 0.25) is 0 Å². The Hall–Kier alpha value is -1.08. The Morgan fingerprint density at radius 3 is 2.37 bits per heavy atom. The van der Waals surface area contributed by atoms with Crippen LogP contribution in [0.1, 0.15) is 37.0 Å². The van der Waals surface area contributed by atoms with Gasteiger partial charge in [-0.05, 0) is 12.3 Å². The van der Waals surface area contributed by atoms with E-state index in [0.717, 1.165) is 0 Å². The highest BCUT2D eigenvalue weighted by atomic mass is 35.7. The molecule has 0 unspecified atom stereocenters. The Balaban J connectivity index is 3.15. The van der Waals surface area contributed by atoms with E-state index in [1.165, 1.54) is 11.8 Å². The lowest BCUT2D eigenvalue weighted by Gasteiger charge is -2.26. The fraction of sp³-hybridized carbons (Fsp3) is 0.636. The van der Waals surface area contributed by atoms with Gasteiger partial charge in [0.05, 0.1) is 5.69 Å². The van der Waals surface area contributed by atoms with Crippen molar-refractivity contribution in [1.82, 2.24) is 15.1 Å². The molecule has 0 spiro atoms. The molecule has 1 rings (SSSR count). The summed E-state index contributed by atoms with van der Waals surface area (Å²) in [6.45, 7) is 7.91. The number of H-pyrrole nitrogens is 1. The Kier molecular flexibility index (Phi) is 4.31. The number of carbonyl (C=O) groups is 1. The number of nitrogens with one attached hydrogen (secondary N) is 1. The fourth-order valence-electron chi connectivity index (χ4n) is 1.83. The van der Waals surface area contributed by atoms with E-state index in [1.54, 1.807) is 7.05 Å². The average molecular weight is 308 g/mol. The smallest absolute Gasteiger partial charge is 0.275 e. The third-order valence-electron chi connectivity index (χ3n) is 2.40. The Bertz CT molecular complexity index is 587. The second-order valence-corrected chi connectivity index (χ2v) is 8.19. The van der Waals surface area contributed by atoms with Gasteiger partial charge in [-0.1, -0.05) is 20.8 Å². The summed E-state index contributed by atoms with van der Waals surface area (Å²) in [5.41, 5.74) is -0.0165. The van der Waals surface area contributed by atoms with Crippen molar-refractivity contribution in [2.24, 2.45) is 5.41 Å². The first-order chi connectivity index (χ1) is 8.43. The third-order valence-corrected chi connectivity index (χ3v) is 3.85. The lowest BCUT2D eigenvalue weighted by atomic mass is 9.96. The van der Waals surface area contributed by atoms with Crippen molar-refractivity contribution >= 4 is 25.6 Å². The van der Waals surface area contributed by atoms with Crippen LogP contribution >= 0.6 is 10.7 Å². The van der Waals surface area contributed by atoms with Crippen molar-refractivity contribution < 1.29 is 13.2 Å². The zero-order valence-electron chi connectivity index (χ0n) is 11.6. The number of nitrogens with zero attached hydrogens (tertiary/aromatic N) is 2. The van der Waals surface area contributed by atoms with Gasteiger partial charge < -0.3 is 4.90 Å². The first-order valence-electron chi connectivity index (χ1n) is 5.68. The SMILES string of the molecule is Cc1[nH]nc(C(=O)N(C)CC(C)(C)C)c1S(=O)(=O)Cl. The number of hydrogen-bond donors (Lipinski definition) is 1. The lowest BCUT2D eigenvalue weighted by Crippen LogP contribution is -2.35. The van der Waals surface area contributed by atoms with E-state index in [4.69, 9.17) is 10.7 Å². The van der Waals surface area contributed by atoms with E-state index in [-0.39, 0.29) is 21.7 Å². The van der Waals surface area contributed by atoms with Gasteiger partial charge in [0.15, 0.2) is 5.69 Å². The highest BCUT2D eigenvalue weighted by Gasteiger charge is 2.29. The molecule has 0 saturated carbocycles. The molecule has 1 N–H and O–H groups in total. The maximum absolute atomic E-state index is 12.2. The Morgan fingerprint density at radius 1 is 1.42 bits per heavy atom. The van der Waals surface area contributed by atoms with E-state index in [9.17, 15) is 13.2 Å². The van der Waals surface area contributed by atoms with Crippen LogP contribution in [-0.2, 0) is 9.05 Å². The molecule has 0 fully saturated rings. The minimum atomic E-state index is -4.01. The van der Waals surface area contributed by atoms with Crippen LogP contribution < -0.4 is 0 Å². The monoisotopic (exact) mass is 307 g/mol. The number of rotatable bonds is 3. The summed E-state index contributed by atoms with van der Waals surface area (Å²) in [6.07, 6.45) is 0. The number of halogens is 1. The van der Waals surface area contributed by atoms with Crippen molar-refractivity contribution in [3.05, 3.63) is 11.4 Å². The molecular formula is C11H18ClN3O3S. The van der Waals surface area contributed by atoms with Crippen molar-refractivity contribution in [2.45, 2.75) is 32.6 Å². The summed E-state index contributed by atoms with van der Waals surface area (Å²) < 4.78 is 23.0. The van der Waals surface area contributed by atoms with E-state index in [0.29, 0.717) is 6.54 Å². The van der Waals surface area contributed by atoms with Gasteiger partial charge in [0.1, 0.15) is 4.90 Å². The minimum absolute atomic E-state index is 0.101. The van der Waals surface area contributed by atoms with Crippen molar-refractivity contribution in [2.75, 3.05) is 13.6 Å². The van der Waals surface area contributed by atoms with Crippen LogP contribution in [-0.4, -0.2) is 43.0 Å². The molecule has 1 amide bonds. The summed E-state index contributed by atoms with van der Waals surface area (Å²) >= 11 is 0. The minimum Gasteiger partial charge on any atom is -0.340 e. The molecule has 0 aliphatic heterocycles. The topological polar surface area (TPSA) is 83.1 Å². The predicted octanol–water partition coefficient (Wildman–Crippen LogP) is 1.76. The van der Waals surface area contributed by atoms with Crippen LogP contribution in [0.25, 0.3) is 0 Å². The second kappa shape index (κ2) is 5.13. The molecule has 1 aromatic rings. The molecule has 8 heteroatoms. The number of aryl methyl sites for hydroxylation is 1. The van der Waals surface area contributed by atoms with Crippen LogP contribution in [0.15, 0.2) is 4.90 Å². The fourth-order valence-corrected chi connectivity index (χ4v) is 3.17. The summed E-state index contributed by atoms with van der Waals surface area (Å²) in [4.78, 5) is 13.4. The molecule has 6 nitrogen and oxygen atoms in total. The van der Waals surface area contributed by atoms with Gasteiger partial charge in [0.25, 0.3) is 15.0 Å². The standard InChI is InChI=1S/C11H18ClN3O3S/c1-7-9(19(12,17)18)8(14-13-7)10(16)15(5)6-11(2,3)4/h6H2,1-5H3,(H,13,14). The zero-order valence-corrected chi connectivity index (χ0v) is 13.2. The summed E-state index contributed by atoms with van der Waals surface area (Å²) in [5, 5.41) is 6.23. The van der Waals surface area contributed by atoms with Crippen molar-refractivity contribution in [3.8, 4) is 0 Å². The zero-order chi connectivity index (χ0) is 15.0. The molecule has 0 saturated heterocycles. The van der Waals surface area contributed by atoms with Crippen LogP contribution in [0.4, 0.5) is 0 Å². The molecule has 0 aromatic carbocycles. The quantitative estimate of drug-likeness (QED) is 0.863. The molecule has 0 radical (unpaired) electrons. The van der Waals surface area contributed by atoms with E-state index >= 15 is 0 Å². The molecular weight excluding hydrogens is 290 g/mol. The molecule has 1 heterocycles. The van der Waals surface area contributed by atoms with Gasteiger partial charge in [-0.2, -0.15) is 5.10 Å². The van der Waals surface area contributed by atoms with Gasteiger partial charge in [-0.15, -0.1) is 0 Å². The molecule has 0 aliphatic rings. The first kappa shape index (κ1) is 16.0.